The molecule has 0 atom stereocenters. The topological polar surface area (TPSA) is 67.8 Å². The van der Waals surface area contributed by atoms with Crippen molar-refractivity contribution in [1.82, 2.24) is 20.3 Å². The van der Waals surface area contributed by atoms with Crippen molar-refractivity contribution in [3.63, 3.8) is 0 Å². The average Bonchev–Trinajstić information content (AvgIpc) is 2.61. The van der Waals surface area contributed by atoms with Gasteiger partial charge in [0.1, 0.15) is 12.0 Å². The summed E-state index contributed by atoms with van der Waals surface area (Å²) in [5, 5.41) is 3.42. The Morgan fingerprint density at radius 1 is 1.13 bits per heavy atom. The molecule has 23 heavy (non-hydrogen) atoms. The van der Waals surface area contributed by atoms with Crippen molar-refractivity contribution < 1.29 is 4.79 Å². The minimum Gasteiger partial charge on any atom is -0.347 e. The Morgan fingerprint density at radius 3 is 2.83 bits per heavy atom. The van der Waals surface area contributed by atoms with Crippen LogP contribution in [0.25, 0.3) is 11.3 Å². The monoisotopic (exact) mass is 324 g/mol. The normalized spacial score (nSPS) is 10.3. The van der Waals surface area contributed by atoms with Gasteiger partial charge in [0.25, 0.3) is 5.91 Å². The maximum atomic E-state index is 12.2. The zero-order valence-corrected chi connectivity index (χ0v) is 12.9. The Balaban J connectivity index is 1.75. The van der Waals surface area contributed by atoms with E-state index in [4.69, 9.17) is 11.6 Å². The van der Waals surface area contributed by atoms with Crippen molar-refractivity contribution in [3.8, 4) is 11.3 Å². The van der Waals surface area contributed by atoms with Crippen LogP contribution in [0.5, 0.6) is 0 Å². The molecule has 3 rings (SSSR count). The average molecular weight is 325 g/mol. The predicted molar refractivity (Wildman–Crippen MR) is 87.9 cm³/mol. The molecule has 0 unspecified atom stereocenters. The number of nitrogens with one attached hydrogen (secondary N) is 1. The lowest BCUT2D eigenvalue weighted by Crippen LogP contribution is -2.24. The fraction of sp³-hybridized carbons (Fsp3) is 0.0588. The van der Waals surface area contributed by atoms with Crippen LogP contribution in [0.4, 0.5) is 0 Å². The lowest BCUT2D eigenvalue weighted by molar-refractivity contribution is 0.0945. The largest absolute Gasteiger partial charge is 0.347 e. The van der Waals surface area contributed by atoms with Crippen molar-refractivity contribution in [2.24, 2.45) is 0 Å². The number of benzene rings is 1. The molecule has 5 nitrogen and oxygen atoms in total. The number of amides is 1. The number of nitrogens with zero attached hydrogens (tertiary/aromatic N) is 3. The third-order valence-electron chi connectivity index (χ3n) is 3.20. The number of hydrogen-bond acceptors (Lipinski definition) is 4. The summed E-state index contributed by atoms with van der Waals surface area (Å²) in [5.41, 5.74) is 2.71. The number of carbonyl (C=O) groups is 1. The lowest BCUT2D eigenvalue weighted by Gasteiger charge is -2.06. The number of hydrogen-bond donors (Lipinski definition) is 1. The third kappa shape index (κ3) is 3.90. The number of aromatic nitrogens is 3. The molecule has 0 fully saturated rings. The molecule has 0 bridgehead atoms. The van der Waals surface area contributed by atoms with E-state index in [0.717, 1.165) is 11.1 Å². The summed E-state index contributed by atoms with van der Waals surface area (Å²) in [7, 11) is 0. The summed E-state index contributed by atoms with van der Waals surface area (Å²) in [5.74, 6) is -0.264. The van der Waals surface area contributed by atoms with Gasteiger partial charge in [0.05, 0.1) is 5.69 Å². The van der Waals surface area contributed by atoms with Crippen molar-refractivity contribution >= 4 is 17.5 Å². The highest BCUT2D eigenvalue weighted by atomic mass is 35.5. The van der Waals surface area contributed by atoms with Crippen LogP contribution < -0.4 is 5.32 Å². The third-order valence-corrected chi connectivity index (χ3v) is 3.43. The molecule has 3 aromatic rings. The zero-order chi connectivity index (χ0) is 16.1. The van der Waals surface area contributed by atoms with Crippen LogP contribution in [-0.4, -0.2) is 20.9 Å². The first-order valence-corrected chi connectivity index (χ1v) is 7.35. The van der Waals surface area contributed by atoms with Crippen LogP contribution in [-0.2, 0) is 6.54 Å². The van der Waals surface area contributed by atoms with Crippen LogP contribution in [0, 0.1) is 0 Å². The Morgan fingerprint density at radius 2 is 2.04 bits per heavy atom. The van der Waals surface area contributed by atoms with Crippen LogP contribution >= 0.6 is 11.6 Å². The van der Waals surface area contributed by atoms with E-state index in [1.54, 1.807) is 30.6 Å². The van der Waals surface area contributed by atoms with Crippen molar-refractivity contribution in [2.45, 2.75) is 6.54 Å². The highest BCUT2D eigenvalue weighted by Crippen LogP contribution is 2.20. The molecule has 0 aliphatic rings. The Bertz CT molecular complexity index is 824. The molecule has 0 saturated carbocycles. The predicted octanol–water partition coefficient (Wildman–Crippen LogP) is 3.12. The lowest BCUT2D eigenvalue weighted by atomic mass is 10.1. The van der Waals surface area contributed by atoms with E-state index < -0.39 is 0 Å². The van der Waals surface area contributed by atoms with E-state index in [1.807, 2.05) is 24.3 Å². The summed E-state index contributed by atoms with van der Waals surface area (Å²) in [6.07, 6.45) is 4.76. The van der Waals surface area contributed by atoms with Gasteiger partial charge in [-0.25, -0.2) is 9.97 Å². The number of rotatable bonds is 4. The number of halogens is 1. The molecule has 0 spiro atoms. The van der Waals surface area contributed by atoms with Gasteiger partial charge in [-0.15, -0.1) is 0 Å². The maximum Gasteiger partial charge on any atom is 0.270 e. The van der Waals surface area contributed by atoms with E-state index in [0.29, 0.717) is 23.0 Å². The van der Waals surface area contributed by atoms with Gasteiger partial charge in [-0.05, 0) is 29.8 Å². The molecule has 1 N–H and O–H groups in total. The SMILES string of the molecule is O=C(NCc1cccnc1)c1cc(-c2cccc(Cl)c2)ncn1. The molecular weight excluding hydrogens is 312 g/mol. The molecule has 0 aliphatic carbocycles. The molecule has 1 aromatic carbocycles. The van der Waals surface area contributed by atoms with Gasteiger partial charge in [0.15, 0.2) is 0 Å². The van der Waals surface area contributed by atoms with Gasteiger partial charge in [-0.1, -0.05) is 29.8 Å². The van der Waals surface area contributed by atoms with Crippen molar-refractivity contribution in [1.29, 1.82) is 0 Å². The first-order chi connectivity index (χ1) is 11.2. The molecule has 114 valence electrons. The van der Waals surface area contributed by atoms with Crippen molar-refractivity contribution in [3.05, 3.63) is 77.5 Å². The quantitative estimate of drug-likeness (QED) is 0.800. The van der Waals surface area contributed by atoms with Gasteiger partial charge < -0.3 is 5.32 Å². The first-order valence-electron chi connectivity index (χ1n) is 6.97. The maximum absolute atomic E-state index is 12.2. The molecule has 0 saturated heterocycles. The van der Waals surface area contributed by atoms with E-state index in [9.17, 15) is 4.79 Å². The second-order valence-corrected chi connectivity index (χ2v) is 5.28. The molecule has 2 aromatic heterocycles. The Labute approximate surface area is 138 Å². The van der Waals surface area contributed by atoms with Gasteiger partial charge in [-0.2, -0.15) is 0 Å². The number of pyridine rings is 1. The summed E-state index contributed by atoms with van der Waals surface area (Å²) < 4.78 is 0. The highest BCUT2D eigenvalue weighted by Gasteiger charge is 2.10. The zero-order valence-electron chi connectivity index (χ0n) is 12.1. The fourth-order valence-electron chi connectivity index (χ4n) is 2.06. The molecule has 6 heteroatoms. The van der Waals surface area contributed by atoms with E-state index >= 15 is 0 Å². The molecule has 2 heterocycles. The summed E-state index contributed by atoms with van der Waals surface area (Å²) in [6, 6.07) is 12.7. The molecule has 0 aliphatic heterocycles. The van der Waals surface area contributed by atoms with Crippen LogP contribution in [0.1, 0.15) is 16.1 Å². The van der Waals surface area contributed by atoms with Gasteiger partial charge in [-0.3, -0.25) is 9.78 Å². The molecule has 0 radical (unpaired) electrons. The standard InChI is InChI=1S/C17H13ClN4O/c18-14-5-1-4-13(7-14)15-8-16(22-11-21-15)17(23)20-10-12-3-2-6-19-9-12/h1-9,11H,10H2,(H,20,23). The van der Waals surface area contributed by atoms with Crippen LogP contribution in [0.2, 0.25) is 5.02 Å². The molecule has 1 amide bonds. The fourth-order valence-corrected chi connectivity index (χ4v) is 2.25. The van der Waals surface area contributed by atoms with E-state index in [1.165, 1.54) is 6.33 Å². The van der Waals surface area contributed by atoms with Gasteiger partial charge in [0, 0.05) is 29.5 Å². The highest BCUT2D eigenvalue weighted by molar-refractivity contribution is 6.30. The first kappa shape index (κ1) is 15.1. The summed E-state index contributed by atoms with van der Waals surface area (Å²) in [6.45, 7) is 0.392. The summed E-state index contributed by atoms with van der Waals surface area (Å²) in [4.78, 5) is 24.4. The number of carbonyl (C=O) groups excluding carboxylic acids is 1. The van der Waals surface area contributed by atoms with E-state index in [-0.39, 0.29) is 5.91 Å². The summed E-state index contributed by atoms with van der Waals surface area (Å²) >= 11 is 5.99. The van der Waals surface area contributed by atoms with E-state index in [2.05, 4.69) is 20.3 Å². The second kappa shape index (κ2) is 6.98. The minimum absolute atomic E-state index is 0.264. The van der Waals surface area contributed by atoms with Crippen molar-refractivity contribution in [2.75, 3.05) is 0 Å². The van der Waals surface area contributed by atoms with Crippen LogP contribution in [0.3, 0.4) is 0 Å². The second-order valence-electron chi connectivity index (χ2n) is 4.84. The minimum atomic E-state index is -0.264. The van der Waals surface area contributed by atoms with Gasteiger partial charge >= 0.3 is 0 Å². The molecular formula is C17H13ClN4O. The van der Waals surface area contributed by atoms with Crippen LogP contribution in [0.15, 0.2) is 61.2 Å². The van der Waals surface area contributed by atoms with Gasteiger partial charge in [0.2, 0.25) is 0 Å². The smallest absolute Gasteiger partial charge is 0.270 e. The Hall–Kier alpha value is -2.79. The Kier molecular flexibility index (Phi) is 4.59.